The molecule has 0 amide bonds. The second-order valence-electron chi connectivity index (χ2n) is 3.69. The molecule has 0 spiro atoms. The summed E-state index contributed by atoms with van der Waals surface area (Å²) in [5, 5.41) is 9.06. The van der Waals surface area contributed by atoms with Gasteiger partial charge in [0, 0.05) is 4.47 Å². The topological polar surface area (TPSA) is 86.3 Å². The molecule has 2 rings (SSSR count). The third-order valence-corrected chi connectivity index (χ3v) is 4.74. The molecule has 1 aromatic carbocycles. The van der Waals surface area contributed by atoms with Crippen LogP contribution in [0, 0.1) is 0 Å². The smallest absolute Gasteiger partial charge is 0.281 e. The average Bonchev–Trinajstić information content (AvgIpc) is 2.92. The fraction of sp³-hybridized carbons (Fsp3) is 0.182. The van der Waals surface area contributed by atoms with Crippen LogP contribution in [0.3, 0.4) is 0 Å². The highest BCUT2D eigenvalue weighted by Crippen LogP contribution is 2.23. The molecule has 0 fully saturated rings. The van der Waals surface area contributed by atoms with E-state index in [1.807, 2.05) is 0 Å². The number of rotatable bonds is 5. The van der Waals surface area contributed by atoms with E-state index in [1.165, 1.54) is 12.5 Å². The number of hydrogen-bond donors (Lipinski definition) is 2. The minimum atomic E-state index is -3.75. The number of aromatic amines is 1. The Kier molecular flexibility index (Phi) is 4.23. The first-order chi connectivity index (χ1) is 9.05. The van der Waals surface area contributed by atoms with Crippen LogP contribution in [0.4, 0.5) is 5.69 Å². The molecule has 19 heavy (non-hydrogen) atoms. The Morgan fingerprint density at radius 2 is 2.00 bits per heavy atom. The molecule has 0 bridgehead atoms. The second-order valence-corrected chi connectivity index (χ2v) is 6.44. The van der Waals surface area contributed by atoms with Gasteiger partial charge in [0.2, 0.25) is 0 Å². The predicted molar refractivity (Wildman–Crippen MR) is 74.3 cm³/mol. The van der Waals surface area contributed by atoms with Crippen LogP contribution in [0.1, 0.15) is 0 Å². The molecule has 0 aliphatic rings. The zero-order chi connectivity index (χ0) is 13.9. The number of nitrogens with one attached hydrogen (secondary N) is 1. The minimum absolute atomic E-state index is 0.0103. The van der Waals surface area contributed by atoms with E-state index in [-0.39, 0.29) is 18.2 Å². The van der Waals surface area contributed by atoms with E-state index >= 15 is 0 Å². The highest BCUT2D eigenvalue weighted by molar-refractivity contribution is 9.10. The third-order valence-electron chi connectivity index (χ3n) is 2.46. The van der Waals surface area contributed by atoms with Gasteiger partial charge in [-0.2, -0.15) is 8.42 Å². The SMILES string of the molecule is O=S(=O)(c1cnc[nH]1)N(CCO)c1ccc(Br)cc1. The lowest BCUT2D eigenvalue weighted by molar-refractivity contribution is 0.306. The van der Waals surface area contributed by atoms with Crippen molar-refractivity contribution < 1.29 is 13.5 Å². The van der Waals surface area contributed by atoms with Gasteiger partial charge in [0.1, 0.15) is 0 Å². The number of hydrogen-bond acceptors (Lipinski definition) is 4. The quantitative estimate of drug-likeness (QED) is 0.856. The van der Waals surface area contributed by atoms with Crippen LogP contribution >= 0.6 is 15.9 Å². The Morgan fingerprint density at radius 3 is 2.53 bits per heavy atom. The van der Waals surface area contributed by atoms with Crippen molar-refractivity contribution in [3.05, 3.63) is 41.3 Å². The van der Waals surface area contributed by atoms with Crippen molar-refractivity contribution in [3.63, 3.8) is 0 Å². The summed E-state index contributed by atoms with van der Waals surface area (Å²) in [7, 11) is -3.75. The molecule has 2 aromatic rings. The van der Waals surface area contributed by atoms with Crippen molar-refractivity contribution in [2.45, 2.75) is 5.03 Å². The van der Waals surface area contributed by atoms with Gasteiger partial charge in [-0.25, -0.2) is 4.98 Å². The molecule has 0 atom stereocenters. The lowest BCUT2D eigenvalue weighted by Gasteiger charge is -2.22. The maximum Gasteiger partial charge on any atom is 0.281 e. The largest absolute Gasteiger partial charge is 0.394 e. The summed E-state index contributed by atoms with van der Waals surface area (Å²) >= 11 is 3.29. The lowest BCUT2D eigenvalue weighted by Crippen LogP contribution is -2.33. The number of aromatic nitrogens is 2. The van der Waals surface area contributed by atoms with E-state index in [2.05, 4.69) is 25.9 Å². The summed E-state index contributed by atoms with van der Waals surface area (Å²) in [5.74, 6) is 0. The van der Waals surface area contributed by atoms with E-state index < -0.39 is 10.0 Å². The maximum absolute atomic E-state index is 12.4. The van der Waals surface area contributed by atoms with E-state index in [9.17, 15) is 8.42 Å². The van der Waals surface area contributed by atoms with Gasteiger partial charge in [-0.15, -0.1) is 0 Å². The average molecular weight is 346 g/mol. The van der Waals surface area contributed by atoms with Crippen LogP contribution < -0.4 is 4.31 Å². The van der Waals surface area contributed by atoms with Crippen molar-refractivity contribution >= 4 is 31.6 Å². The first kappa shape index (κ1) is 14.0. The van der Waals surface area contributed by atoms with Gasteiger partial charge in [0.05, 0.1) is 31.4 Å². The summed E-state index contributed by atoms with van der Waals surface area (Å²) in [6.07, 6.45) is 2.53. The molecule has 0 unspecified atom stereocenters. The highest BCUT2D eigenvalue weighted by atomic mass is 79.9. The van der Waals surface area contributed by atoms with Crippen molar-refractivity contribution in [2.24, 2.45) is 0 Å². The summed E-state index contributed by atoms with van der Waals surface area (Å²) in [5.41, 5.74) is 0.479. The molecular weight excluding hydrogens is 334 g/mol. The van der Waals surface area contributed by atoms with Gasteiger partial charge in [0.15, 0.2) is 5.03 Å². The van der Waals surface area contributed by atoms with Crippen LogP contribution in [-0.4, -0.2) is 36.6 Å². The summed E-state index contributed by atoms with van der Waals surface area (Å²) in [6, 6.07) is 6.80. The fourth-order valence-corrected chi connectivity index (χ4v) is 3.21. The molecule has 1 heterocycles. The number of aliphatic hydroxyl groups excluding tert-OH is 1. The maximum atomic E-state index is 12.4. The minimum Gasteiger partial charge on any atom is -0.394 e. The zero-order valence-electron chi connectivity index (χ0n) is 9.82. The summed E-state index contributed by atoms with van der Waals surface area (Å²) in [6.45, 7) is -0.299. The molecule has 2 N–H and O–H groups in total. The number of sulfonamides is 1. The molecule has 0 aliphatic heterocycles. The van der Waals surface area contributed by atoms with E-state index in [1.54, 1.807) is 24.3 Å². The molecular formula is C11H12BrN3O3S. The summed E-state index contributed by atoms with van der Waals surface area (Å²) < 4.78 is 26.8. The fourth-order valence-electron chi connectivity index (χ4n) is 1.59. The molecule has 6 nitrogen and oxygen atoms in total. The zero-order valence-corrected chi connectivity index (χ0v) is 12.2. The van der Waals surface area contributed by atoms with Gasteiger partial charge in [-0.05, 0) is 24.3 Å². The number of aliphatic hydroxyl groups is 1. The normalized spacial score (nSPS) is 11.5. The number of H-pyrrole nitrogens is 1. The van der Waals surface area contributed by atoms with Gasteiger partial charge < -0.3 is 10.1 Å². The standard InChI is InChI=1S/C11H12BrN3O3S/c12-9-1-3-10(4-2-9)15(5-6-16)19(17,18)11-7-13-8-14-11/h1-4,7-8,16H,5-6H2,(H,13,14). The number of imidazole rings is 1. The molecule has 0 saturated heterocycles. The Balaban J connectivity index is 2.43. The first-order valence-corrected chi connectivity index (χ1v) is 7.66. The second kappa shape index (κ2) is 5.72. The van der Waals surface area contributed by atoms with Crippen molar-refractivity contribution in [3.8, 4) is 0 Å². The Labute approximate surface area is 119 Å². The molecule has 8 heteroatoms. The number of nitrogens with zero attached hydrogens (tertiary/aromatic N) is 2. The Morgan fingerprint density at radius 1 is 1.32 bits per heavy atom. The van der Waals surface area contributed by atoms with Crippen LogP contribution in [0.5, 0.6) is 0 Å². The lowest BCUT2D eigenvalue weighted by atomic mass is 10.3. The van der Waals surface area contributed by atoms with Crippen molar-refractivity contribution in [1.29, 1.82) is 0 Å². The van der Waals surface area contributed by atoms with Gasteiger partial charge in [-0.1, -0.05) is 15.9 Å². The summed E-state index contributed by atoms with van der Waals surface area (Å²) in [4.78, 5) is 6.27. The van der Waals surface area contributed by atoms with Crippen LogP contribution in [-0.2, 0) is 10.0 Å². The van der Waals surface area contributed by atoms with Crippen LogP contribution in [0.2, 0.25) is 0 Å². The van der Waals surface area contributed by atoms with E-state index in [0.29, 0.717) is 5.69 Å². The van der Waals surface area contributed by atoms with Gasteiger partial charge in [0.25, 0.3) is 10.0 Å². The van der Waals surface area contributed by atoms with Gasteiger partial charge in [-0.3, -0.25) is 4.31 Å². The highest BCUT2D eigenvalue weighted by Gasteiger charge is 2.25. The molecule has 0 saturated carbocycles. The van der Waals surface area contributed by atoms with Gasteiger partial charge >= 0.3 is 0 Å². The number of benzene rings is 1. The van der Waals surface area contributed by atoms with E-state index in [0.717, 1.165) is 8.78 Å². The predicted octanol–water partition coefficient (Wildman–Crippen LogP) is 1.36. The Hall–Kier alpha value is -1.38. The molecule has 102 valence electrons. The third kappa shape index (κ3) is 2.96. The van der Waals surface area contributed by atoms with Crippen molar-refractivity contribution in [1.82, 2.24) is 9.97 Å². The van der Waals surface area contributed by atoms with Crippen LogP contribution in [0.25, 0.3) is 0 Å². The first-order valence-electron chi connectivity index (χ1n) is 5.43. The monoisotopic (exact) mass is 345 g/mol. The van der Waals surface area contributed by atoms with Crippen molar-refractivity contribution in [2.75, 3.05) is 17.5 Å². The Bertz CT molecular complexity index is 626. The van der Waals surface area contributed by atoms with Crippen LogP contribution in [0.15, 0.2) is 46.3 Å². The van der Waals surface area contributed by atoms with E-state index in [4.69, 9.17) is 5.11 Å². The molecule has 0 aliphatic carbocycles. The number of anilines is 1. The molecule has 1 aromatic heterocycles. The number of halogens is 1. The molecule has 0 radical (unpaired) electrons.